The van der Waals surface area contributed by atoms with Gasteiger partial charge in [-0.25, -0.2) is 0 Å². The first-order chi connectivity index (χ1) is 39.0. The predicted octanol–water partition coefficient (Wildman–Crippen LogP) is 20.1. The Bertz CT molecular complexity index is 1760. The number of unbranched alkanes of at least 4 members (excludes halogenated alkanes) is 24. The zero-order valence-corrected chi connectivity index (χ0v) is 52.9. The topological polar surface area (TPSA) is 111 Å². The normalized spacial score (nSPS) is 14.0. The molecule has 0 radical (unpaired) electrons. The van der Waals surface area contributed by atoms with E-state index in [-0.39, 0.29) is 26.1 Å². The van der Waals surface area contributed by atoms with Crippen LogP contribution >= 0.6 is 7.82 Å². The van der Waals surface area contributed by atoms with Gasteiger partial charge in [-0.2, -0.15) is 0 Å². The van der Waals surface area contributed by atoms with Crippen LogP contribution in [-0.2, 0) is 32.7 Å². The van der Waals surface area contributed by atoms with Crippen molar-refractivity contribution in [2.45, 2.75) is 264 Å². The minimum absolute atomic E-state index is 0.0387. The van der Waals surface area contributed by atoms with Gasteiger partial charge in [0.2, 0.25) is 0 Å². The Hall–Kier alpha value is -3.59. The van der Waals surface area contributed by atoms with E-state index in [9.17, 15) is 19.0 Å². The molecule has 2 unspecified atom stereocenters. The molecule has 458 valence electrons. The molecule has 0 aliphatic heterocycles. The predicted molar refractivity (Wildman–Crippen MR) is 341 cm³/mol. The third-order valence-electron chi connectivity index (χ3n) is 13.5. The summed E-state index contributed by atoms with van der Waals surface area (Å²) in [5, 5.41) is 0. The molecule has 80 heavy (non-hydrogen) atoms. The molecule has 0 aliphatic rings. The van der Waals surface area contributed by atoms with Crippen molar-refractivity contribution >= 4 is 19.8 Å². The Morgan fingerprint density at radius 3 is 1.06 bits per heavy atom. The third kappa shape index (κ3) is 63.6. The average molecular weight is 1130 g/mol. The molecule has 0 aromatic carbocycles. The average Bonchev–Trinajstić information content (AvgIpc) is 3.42. The van der Waals surface area contributed by atoms with Gasteiger partial charge in [-0.1, -0.05) is 257 Å². The first-order valence-electron chi connectivity index (χ1n) is 32.2. The van der Waals surface area contributed by atoms with Gasteiger partial charge in [-0.15, -0.1) is 0 Å². The van der Waals surface area contributed by atoms with Gasteiger partial charge in [-0.3, -0.25) is 14.2 Å². The lowest BCUT2D eigenvalue weighted by molar-refractivity contribution is -0.870. The number of quaternary nitrogens is 1. The van der Waals surface area contributed by atoms with Crippen LogP contribution in [0, 0.1) is 0 Å². The Morgan fingerprint density at radius 2 is 0.713 bits per heavy atom. The van der Waals surface area contributed by atoms with E-state index in [1.807, 2.05) is 21.1 Å². The summed E-state index contributed by atoms with van der Waals surface area (Å²) in [5.41, 5.74) is 0. The van der Waals surface area contributed by atoms with Crippen LogP contribution in [0.25, 0.3) is 0 Å². The highest BCUT2D eigenvalue weighted by molar-refractivity contribution is 7.45. The summed E-state index contributed by atoms with van der Waals surface area (Å²) in [7, 11) is 1.15. The highest BCUT2D eigenvalue weighted by Gasteiger charge is 2.22. The van der Waals surface area contributed by atoms with Crippen LogP contribution in [-0.4, -0.2) is 70.0 Å². The van der Waals surface area contributed by atoms with Crippen molar-refractivity contribution in [3.05, 3.63) is 122 Å². The molecule has 2 atom stereocenters. The molecule has 0 aromatic heterocycles. The summed E-state index contributed by atoms with van der Waals surface area (Å²) in [5.74, 6) is -0.848. The van der Waals surface area contributed by atoms with Crippen molar-refractivity contribution in [1.29, 1.82) is 0 Å². The van der Waals surface area contributed by atoms with E-state index < -0.39 is 32.5 Å². The number of carbonyl (C=O) groups is 2. The van der Waals surface area contributed by atoms with Crippen LogP contribution in [0.2, 0.25) is 0 Å². The number of hydrogen-bond donors (Lipinski definition) is 0. The smallest absolute Gasteiger partial charge is 0.306 e. The zero-order chi connectivity index (χ0) is 58.4. The van der Waals surface area contributed by atoms with Gasteiger partial charge in [-0.05, 0) is 109 Å². The van der Waals surface area contributed by atoms with Crippen molar-refractivity contribution in [3.63, 3.8) is 0 Å². The van der Waals surface area contributed by atoms with Gasteiger partial charge in [0.1, 0.15) is 19.8 Å². The highest BCUT2D eigenvalue weighted by Crippen LogP contribution is 2.38. The molecule has 0 heterocycles. The van der Waals surface area contributed by atoms with E-state index in [1.165, 1.54) is 109 Å². The fraction of sp³-hybridized carbons (Fsp3) is 0.686. The first kappa shape index (κ1) is 76.4. The lowest BCUT2D eigenvalue weighted by atomic mass is 10.0. The number of phosphoric acid groups is 1. The first-order valence-corrected chi connectivity index (χ1v) is 33.7. The Kier molecular flexibility index (Phi) is 57.3. The second-order valence-corrected chi connectivity index (χ2v) is 23.8. The van der Waals surface area contributed by atoms with Gasteiger partial charge in [0, 0.05) is 12.8 Å². The molecule has 0 saturated carbocycles. The number of esters is 2. The Morgan fingerprint density at radius 1 is 0.400 bits per heavy atom. The monoisotopic (exact) mass is 1130 g/mol. The summed E-state index contributed by atoms with van der Waals surface area (Å²) in [4.78, 5) is 38.0. The van der Waals surface area contributed by atoms with E-state index in [4.69, 9.17) is 18.5 Å². The van der Waals surface area contributed by atoms with Crippen LogP contribution in [0.4, 0.5) is 0 Å². The molecule has 0 bridgehead atoms. The molecular weight excluding hydrogens is 1010 g/mol. The molecule has 0 rings (SSSR count). The van der Waals surface area contributed by atoms with Crippen molar-refractivity contribution in [1.82, 2.24) is 0 Å². The maximum Gasteiger partial charge on any atom is 0.306 e. The maximum atomic E-state index is 12.8. The van der Waals surface area contributed by atoms with Gasteiger partial charge in [0.05, 0.1) is 27.7 Å². The molecule has 0 saturated heterocycles. The quantitative estimate of drug-likeness (QED) is 0.0195. The van der Waals surface area contributed by atoms with Crippen LogP contribution in [0.3, 0.4) is 0 Å². The largest absolute Gasteiger partial charge is 0.756 e. The Labute approximate surface area is 492 Å². The number of allylic oxidation sites excluding steroid dienone is 20. The molecular formula is C70H120NO8P. The molecule has 0 fully saturated rings. The molecule has 0 spiro atoms. The standard InChI is InChI=1S/C70H120NO8P/c1-6-8-10-12-14-16-18-20-22-24-26-28-30-32-33-34-35-36-37-39-41-43-45-47-49-51-53-55-57-59-61-63-70(73)79-68(67-78-80(74,75)77-65-64-71(3,4)5)66-76-69(72)62-60-58-56-54-52-50-48-46-44-42-40-38-31-29-27-25-23-21-19-17-15-13-11-9-7-2/h8,10,14,16,19-22,25-28,31-33,35-36,38-39,41,68H,6-7,9,11-13,15,17-18,23-24,29-30,34,37,40,42-67H2,1-5H3/b10-8-,16-14-,21-19-,22-20-,27-25-,28-26-,33-32-,36-35-,38-31-,41-39-. The van der Waals surface area contributed by atoms with Crippen LogP contribution < -0.4 is 4.89 Å². The number of nitrogens with zero attached hydrogens (tertiary/aromatic N) is 1. The fourth-order valence-electron chi connectivity index (χ4n) is 8.53. The lowest BCUT2D eigenvalue weighted by Crippen LogP contribution is -2.37. The van der Waals surface area contributed by atoms with Crippen molar-refractivity contribution in [3.8, 4) is 0 Å². The number of carbonyl (C=O) groups excluding carboxylic acids is 2. The second-order valence-electron chi connectivity index (χ2n) is 22.4. The SMILES string of the molecule is CC/C=C\C/C=C\C/C=C\C/C=C\C/C=C\C/C=C\C/C=C\CCCCCCCCCCCC(=O)OC(COC(=O)CCCCCCCCCCCC/C=C\C/C=C\C/C=C\CCCCCCC)COP(=O)([O-])OCC[N+](C)(C)C. The molecule has 0 aliphatic carbocycles. The highest BCUT2D eigenvalue weighted by atomic mass is 31.2. The van der Waals surface area contributed by atoms with E-state index in [1.54, 1.807) is 0 Å². The lowest BCUT2D eigenvalue weighted by Gasteiger charge is -2.28. The molecule has 0 amide bonds. The van der Waals surface area contributed by atoms with Crippen molar-refractivity contribution in [2.24, 2.45) is 0 Å². The summed E-state index contributed by atoms with van der Waals surface area (Å²) in [6, 6.07) is 0. The third-order valence-corrected chi connectivity index (χ3v) is 14.4. The summed E-state index contributed by atoms with van der Waals surface area (Å²) in [6.07, 6.45) is 85.3. The van der Waals surface area contributed by atoms with Crippen molar-refractivity contribution in [2.75, 3.05) is 47.5 Å². The number of likely N-dealkylation sites (N-methyl/N-ethyl adjacent to an activating group) is 1. The Balaban J connectivity index is 4.17. The van der Waals surface area contributed by atoms with Gasteiger partial charge >= 0.3 is 11.9 Å². The molecule has 9 nitrogen and oxygen atoms in total. The van der Waals surface area contributed by atoms with Gasteiger partial charge < -0.3 is 27.9 Å². The molecule has 0 N–H and O–H groups in total. The van der Waals surface area contributed by atoms with Crippen LogP contribution in [0.15, 0.2) is 122 Å². The summed E-state index contributed by atoms with van der Waals surface area (Å²) < 4.78 is 34.2. The van der Waals surface area contributed by atoms with Crippen LogP contribution in [0.5, 0.6) is 0 Å². The van der Waals surface area contributed by atoms with Gasteiger partial charge in [0.15, 0.2) is 6.10 Å². The molecule has 10 heteroatoms. The summed E-state index contributed by atoms with van der Waals surface area (Å²) in [6.45, 7) is 4.10. The number of hydrogen-bond acceptors (Lipinski definition) is 8. The summed E-state index contributed by atoms with van der Waals surface area (Å²) >= 11 is 0. The minimum Gasteiger partial charge on any atom is -0.756 e. The van der Waals surface area contributed by atoms with E-state index in [2.05, 4.69) is 135 Å². The van der Waals surface area contributed by atoms with Crippen LogP contribution in [0.1, 0.15) is 258 Å². The van der Waals surface area contributed by atoms with E-state index in [0.29, 0.717) is 17.4 Å². The number of phosphoric ester groups is 1. The van der Waals surface area contributed by atoms with Gasteiger partial charge in [0.25, 0.3) is 7.82 Å². The minimum atomic E-state index is -4.65. The number of rotatable bonds is 58. The second kappa shape index (κ2) is 60.0. The fourth-order valence-corrected chi connectivity index (χ4v) is 9.25. The maximum absolute atomic E-state index is 12.8. The number of ether oxygens (including phenoxy) is 2. The molecule has 0 aromatic rings. The van der Waals surface area contributed by atoms with Crippen molar-refractivity contribution < 1.29 is 42.1 Å². The van der Waals surface area contributed by atoms with E-state index in [0.717, 1.165) is 116 Å². The zero-order valence-electron chi connectivity index (χ0n) is 52.0. The van der Waals surface area contributed by atoms with E-state index >= 15 is 0 Å².